The predicted octanol–water partition coefficient (Wildman–Crippen LogP) is 2.34. The molecule has 1 amide bonds. The molecule has 0 spiro atoms. The number of ether oxygens (including phenoxy) is 1. The van der Waals surface area contributed by atoms with Gasteiger partial charge in [0.15, 0.2) is 0 Å². The normalized spacial score (nSPS) is 15.7. The molecule has 0 radical (unpaired) electrons. The molecular weight excluding hydrogens is 292 g/mol. The number of rotatable bonds is 6. The van der Waals surface area contributed by atoms with Gasteiger partial charge in [0.05, 0.1) is 18.7 Å². The lowest BCUT2D eigenvalue weighted by molar-refractivity contribution is -0.145. The molecule has 122 valence electrons. The van der Waals surface area contributed by atoms with E-state index in [1.807, 2.05) is 6.07 Å². The summed E-state index contributed by atoms with van der Waals surface area (Å²) in [6, 6.07) is 8.37. The van der Waals surface area contributed by atoms with E-state index in [-0.39, 0.29) is 5.91 Å². The lowest BCUT2D eigenvalue weighted by atomic mass is 10.0. The lowest BCUT2D eigenvalue weighted by Gasteiger charge is -2.18. The number of hydrogen-bond acceptors (Lipinski definition) is 4. The Morgan fingerprint density at radius 2 is 2.13 bits per heavy atom. The number of carbonyl (C=O) groups excluding carboxylic acids is 2. The number of nitrogens with zero attached hydrogens (tertiary/aromatic N) is 1. The van der Waals surface area contributed by atoms with Crippen LogP contribution in [0.1, 0.15) is 43.2 Å². The van der Waals surface area contributed by atoms with Crippen LogP contribution in [0.5, 0.6) is 0 Å². The number of nitriles is 1. The van der Waals surface area contributed by atoms with Gasteiger partial charge in [-0.05, 0) is 36.5 Å². The summed E-state index contributed by atoms with van der Waals surface area (Å²) in [6.45, 7) is 0. The van der Waals surface area contributed by atoms with E-state index in [0.29, 0.717) is 24.3 Å². The summed E-state index contributed by atoms with van der Waals surface area (Å²) in [6.07, 6.45) is 5.31. The SMILES string of the molecule is COC(=O)[C@H](Cc1cccc(C#N)c1)NC(=O)CC1CCCC1. The molecule has 0 heterocycles. The van der Waals surface area contributed by atoms with E-state index < -0.39 is 12.0 Å². The molecule has 0 aliphatic heterocycles. The van der Waals surface area contributed by atoms with Crippen LogP contribution in [0, 0.1) is 17.2 Å². The molecule has 1 atom stereocenters. The summed E-state index contributed by atoms with van der Waals surface area (Å²) in [4.78, 5) is 24.1. The number of nitrogens with one attached hydrogen (secondary N) is 1. The van der Waals surface area contributed by atoms with Gasteiger partial charge in [0.1, 0.15) is 6.04 Å². The maximum Gasteiger partial charge on any atom is 0.328 e. The van der Waals surface area contributed by atoms with Crippen molar-refractivity contribution in [3.05, 3.63) is 35.4 Å². The van der Waals surface area contributed by atoms with Crippen molar-refractivity contribution >= 4 is 11.9 Å². The summed E-state index contributed by atoms with van der Waals surface area (Å²) in [5, 5.41) is 11.7. The first-order chi connectivity index (χ1) is 11.1. The summed E-state index contributed by atoms with van der Waals surface area (Å²) in [5.74, 6) is -0.147. The zero-order valence-electron chi connectivity index (χ0n) is 13.4. The quantitative estimate of drug-likeness (QED) is 0.817. The molecule has 1 aliphatic carbocycles. The highest BCUT2D eigenvalue weighted by molar-refractivity contribution is 5.84. The van der Waals surface area contributed by atoms with Gasteiger partial charge in [0, 0.05) is 12.8 Å². The third kappa shape index (κ3) is 5.10. The fourth-order valence-electron chi connectivity index (χ4n) is 3.07. The average Bonchev–Trinajstić information content (AvgIpc) is 3.06. The van der Waals surface area contributed by atoms with Crippen molar-refractivity contribution in [2.24, 2.45) is 5.92 Å². The van der Waals surface area contributed by atoms with Crippen LogP contribution in [-0.4, -0.2) is 25.0 Å². The summed E-state index contributed by atoms with van der Waals surface area (Å²) in [5.41, 5.74) is 1.35. The standard InChI is InChI=1S/C18H22N2O3/c1-23-18(22)16(10-14-7-4-8-15(9-14)12-19)20-17(21)11-13-5-2-3-6-13/h4,7-9,13,16H,2-3,5-6,10-11H2,1H3,(H,20,21)/t16-/m0/s1. The Labute approximate surface area is 136 Å². The molecule has 1 fully saturated rings. The molecule has 1 aromatic carbocycles. The summed E-state index contributed by atoms with van der Waals surface area (Å²) >= 11 is 0. The molecule has 0 bridgehead atoms. The van der Waals surface area contributed by atoms with E-state index in [4.69, 9.17) is 10.00 Å². The predicted molar refractivity (Wildman–Crippen MR) is 85.4 cm³/mol. The van der Waals surface area contributed by atoms with Crippen molar-refractivity contribution in [2.75, 3.05) is 7.11 Å². The number of hydrogen-bond donors (Lipinski definition) is 1. The number of benzene rings is 1. The molecule has 2 rings (SSSR count). The maximum atomic E-state index is 12.2. The van der Waals surface area contributed by atoms with Gasteiger partial charge in [0.25, 0.3) is 0 Å². The second-order valence-electron chi connectivity index (χ2n) is 6.01. The highest BCUT2D eigenvalue weighted by Gasteiger charge is 2.24. The van der Waals surface area contributed by atoms with Crippen LogP contribution in [0.25, 0.3) is 0 Å². The molecule has 5 heteroatoms. The molecule has 23 heavy (non-hydrogen) atoms. The fraction of sp³-hybridized carbons (Fsp3) is 0.500. The molecule has 0 unspecified atom stereocenters. The van der Waals surface area contributed by atoms with Crippen LogP contribution in [0.4, 0.5) is 0 Å². The third-order valence-corrected chi connectivity index (χ3v) is 4.27. The Balaban J connectivity index is 1.99. The average molecular weight is 314 g/mol. The van der Waals surface area contributed by atoms with E-state index in [1.54, 1.807) is 18.2 Å². The van der Waals surface area contributed by atoms with Gasteiger partial charge in [-0.1, -0.05) is 25.0 Å². The van der Waals surface area contributed by atoms with Gasteiger partial charge >= 0.3 is 5.97 Å². The molecule has 5 nitrogen and oxygen atoms in total. The van der Waals surface area contributed by atoms with Crippen LogP contribution >= 0.6 is 0 Å². The van der Waals surface area contributed by atoms with Crippen LogP contribution in [0.3, 0.4) is 0 Å². The van der Waals surface area contributed by atoms with Crippen LogP contribution in [-0.2, 0) is 20.7 Å². The Morgan fingerprint density at radius 1 is 1.39 bits per heavy atom. The van der Waals surface area contributed by atoms with Gasteiger partial charge in [0.2, 0.25) is 5.91 Å². The number of amides is 1. The topological polar surface area (TPSA) is 79.2 Å². The Morgan fingerprint density at radius 3 is 2.78 bits per heavy atom. The van der Waals surface area contributed by atoms with Crippen molar-refractivity contribution in [3.8, 4) is 6.07 Å². The van der Waals surface area contributed by atoms with Gasteiger partial charge in [-0.2, -0.15) is 5.26 Å². The zero-order chi connectivity index (χ0) is 16.7. The highest BCUT2D eigenvalue weighted by Crippen LogP contribution is 2.27. The van der Waals surface area contributed by atoms with E-state index in [9.17, 15) is 9.59 Å². The van der Waals surface area contributed by atoms with Crippen LogP contribution in [0.2, 0.25) is 0 Å². The summed E-state index contributed by atoms with van der Waals surface area (Å²) in [7, 11) is 1.31. The van der Waals surface area contributed by atoms with Crippen LogP contribution in [0.15, 0.2) is 24.3 Å². The molecule has 1 aliphatic rings. The highest BCUT2D eigenvalue weighted by atomic mass is 16.5. The number of esters is 1. The second-order valence-corrected chi connectivity index (χ2v) is 6.01. The summed E-state index contributed by atoms with van der Waals surface area (Å²) < 4.78 is 4.79. The molecule has 0 aromatic heterocycles. The van der Waals surface area contributed by atoms with Crippen molar-refractivity contribution in [2.45, 2.75) is 44.6 Å². The zero-order valence-corrected chi connectivity index (χ0v) is 13.4. The first kappa shape index (κ1) is 17.0. The minimum absolute atomic E-state index is 0.108. The number of methoxy groups -OCH3 is 1. The van der Waals surface area contributed by atoms with Crippen molar-refractivity contribution in [3.63, 3.8) is 0 Å². The smallest absolute Gasteiger partial charge is 0.328 e. The Kier molecular flexibility index (Phi) is 6.16. The fourth-order valence-corrected chi connectivity index (χ4v) is 3.07. The third-order valence-electron chi connectivity index (χ3n) is 4.27. The number of carbonyl (C=O) groups is 2. The van der Waals surface area contributed by atoms with E-state index in [2.05, 4.69) is 11.4 Å². The molecule has 1 saturated carbocycles. The Hall–Kier alpha value is -2.35. The Bertz CT molecular complexity index is 601. The monoisotopic (exact) mass is 314 g/mol. The largest absolute Gasteiger partial charge is 0.467 e. The van der Waals surface area contributed by atoms with Gasteiger partial charge in [-0.3, -0.25) is 4.79 Å². The van der Waals surface area contributed by atoms with E-state index >= 15 is 0 Å². The first-order valence-electron chi connectivity index (χ1n) is 7.98. The first-order valence-corrected chi connectivity index (χ1v) is 7.98. The molecule has 1 N–H and O–H groups in total. The minimum Gasteiger partial charge on any atom is -0.467 e. The van der Waals surface area contributed by atoms with Crippen molar-refractivity contribution in [1.29, 1.82) is 5.26 Å². The maximum absolute atomic E-state index is 12.2. The molecule has 1 aromatic rings. The van der Waals surface area contributed by atoms with Gasteiger partial charge in [-0.25, -0.2) is 4.79 Å². The van der Waals surface area contributed by atoms with E-state index in [0.717, 1.165) is 18.4 Å². The second kappa shape index (κ2) is 8.33. The minimum atomic E-state index is -0.720. The van der Waals surface area contributed by atoms with E-state index in [1.165, 1.54) is 20.0 Å². The lowest BCUT2D eigenvalue weighted by Crippen LogP contribution is -2.43. The molecule has 0 saturated heterocycles. The van der Waals surface area contributed by atoms with Crippen molar-refractivity contribution in [1.82, 2.24) is 5.32 Å². The molecular formula is C18H22N2O3. The van der Waals surface area contributed by atoms with Gasteiger partial charge < -0.3 is 10.1 Å². The van der Waals surface area contributed by atoms with Crippen molar-refractivity contribution < 1.29 is 14.3 Å². The van der Waals surface area contributed by atoms with Crippen LogP contribution < -0.4 is 5.32 Å². The van der Waals surface area contributed by atoms with Gasteiger partial charge in [-0.15, -0.1) is 0 Å².